The monoisotopic (exact) mass is 206 g/mol. The van der Waals surface area contributed by atoms with E-state index < -0.39 is 0 Å². The molecule has 0 aliphatic heterocycles. The average Bonchev–Trinajstić information content (AvgIpc) is 2.31. The summed E-state index contributed by atoms with van der Waals surface area (Å²) in [7, 11) is 0. The van der Waals surface area contributed by atoms with Crippen molar-refractivity contribution in [3.63, 3.8) is 0 Å². The highest BCUT2D eigenvalue weighted by atomic mass is 14.7. The molecule has 2 atom stereocenters. The van der Waals surface area contributed by atoms with Crippen molar-refractivity contribution < 1.29 is 0 Å². The van der Waals surface area contributed by atoms with Gasteiger partial charge in [-0.05, 0) is 24.0 Å². The lowest BCUT2D eigenvalue weighted by Gasteiger charge is -2.22. The molecule has 0 amide bonds. The van der Waals surface area contributed by atoms with Crippen LogP contribution < -0.4 is 5.73 Å². The fourth-order valence-corrected chi connectivity index (χ4v) is 1.95. The molecule has 0 fully saturated rings. The Morgan fingerprint density at radius 3 is 2.73 bits per heavy atom. The van der Waals surface area contributed by atoms with Crippen LogP contribution >= 0.6 is 0 Å². The number of rotatable bonds is 6. The van der Waals surface area contributed by atoms with E-state index in [0.717, 1.165) is 6.42 Å². The number of hydrogen-bond donors (Lipinski definition) is 1. The van der Waals surface area contributed by atoms with E-state index in [1.807, 2.05) is 12.3 Å². The molecule has 0 saturated carbocycles. The Labute approximate surface area is 92.9 Å². The summed E-state index contributed by atoms with van der Waals surface area (Å²) < 4.78 is 0. The molecule has 1 heterocycles. The number of unbranched alkanes of at least 4 members (excludes halogenated alkanes) is 1. The third kappa shape index (κ3) is 3.63. The van der Waals surface area contributed by atoms with Gasteiger partial charge in [-0.1, -0.05) is 39.2 Å². The van der Waals surface area contributed by atoms with Gasteiger partial charge in [0.05, 0.1) is 0 Å². The Kier molecular flexibility index (Phi) is 5.33. The fraction of sp³-hybridized carbons (Fsp3) is 0.615. The zero-order valence-corrected chi connectivity index (χ0v) is 9.82. The van der Waals surface area contributed by atoms with Crippen LogP contribution in [0.25, 0.3) is 0 Å². The normalized spacial score (nSPS) is 14.9. The zero-order valence-electron chi connectivity index (χ0n) is 9.82. The Morgan fingerprint density at radius 1 is 1.40 bits per heavy atom. The molecule has 0 spiro atoms. The molecule has 2 N–H and O–H groups in total. The topological polar surface area (TPSA) is 38.9 Å². The lowest BCUT2D eigenvalue weighted by atomic mass is 9.88. The van der Waals surface area contributed by atoms with E-state index in [0.29, 0.717) is 5.92 Å². The minimum atomic E-state index is 0.148. The van der Waals surface area contributed by atoms with E-state index in [2.05, 4.69) is 24.9 Å². The molecule has 0 aliphatic carbocycles. The molecule has 0 saturated heterocycles. The summed E-state index contributed by atoms with van der Waals surface area (Å²) in [6.45, 7) is 4.44. The van der Waals surface area contributed by atoms with Crippen LogP contribution in [0.2, 0.25) is 0 Å². The maximum Gasteiger partial charge on any atom is 0.0338 e. The first-order valence-corrected chi connectivity index (χ1v) is 5.95. The van der Waals surface area contributed by atoms with E-state index in [1.54, 1.807) is 6.20 Å². The molecule has 2 unspecified atom stereocenters. The van der Waals surface area contributed by atoms with Gasteiger partial charge in [-0.2, -0.15) is 0 Å². The first-order valence-electron chi connectivity index (χ1n) is 5.95. The van der Waals surface area contributed by atoms with Crippen molar-refractivity contribution in [2.45, 2.75) is 45.6 Å². The third-order valence-electron chi connectivity index (χ3n) is 3.03. The van der Waals surface area contributed by atoms with Gasteiger partial charge < -0.3 is 5.73 Å². The van der Waals surface area contributed by atoms with Gasteiger partial charge in [-0.25, -0.2) is 0 Å². The molecule has 1 aromatic rings. The van der Waals surface area contributed by atoms with Crippen molar-refractivity contribution in [2.24, 2.45) is 11.7 Å². The van der Waals surface area contributed by atoms with Crippen molar-refractivity contribution in [3.8, 4) is 0 Å². The van der Waals surface area contributed by atoms with Crippen LogP contribution in [0.15, 0.2) is 24.5 Å². The lowest BCUT2D eigenvalue weighted by molar-refractivity contribution is 0.377. The molecule has 1 aromatic heterocycles. The SMILES string of the molecule is CCCCC(CC)C(N)c1cccnc1. The van der Waals surface area contributed by atoms with Gasteiger partial charge in [0, 0.05) is 18.4 Å². The number of nitrogens with zero attached hydrogens (tertiary/aromatic N) is 1. The van der Waals surface area contributed by atoms with Crippen molar-refractivity contribution in [1.82, 2.24) is 4.98 Å². The summed E-state index contributed by atoms with van der Waals surface area (Å²) in [5, 5.41) is 0. The van der Waals surface area contributed by atoms with Gasteiger partial charge in [-0.3, -0.25) is 4.98 Å². The number of aromatic nitrogens is 1. The van der Waals surface area contributed by atoms with Gasteiger partial charge in [0.25, 0.3) is 0 Å². The molecule has 1 rings (SSSR count). The summed E-state index contributed by atoms with van der Waals surface area (Å²) in [5.41, 5.74) is 7.42. The Morgan fingerprint density at radius 2 is 2.20 bits per heavy atom. The largest absolute Gasteiger partial charge is 0.324 e. The Hall–Kier alpha value is -0.890. The second-order valence-electron chi connectivity index (χ2n) is 4.12. The second kappa shape index (κ2) is 6.57. The predicted octanol–water partition coefficient (Wildman–Crippen LogP) is 3.30. The molecule has 2 heteroatoms. The van der Waals surface area contributed by atoms with E-state index in [4.69, 9.17) is 5.73 Å². The maximum atomic E-state index is 6.25. The summed E-state index contributed by atoms with van der Waals surface area (Å²) in [5.74, 6) is 0.592. The molecular formula is C13H22N2. The molecule has 0 aromatic carbocycles. The standard InChI is InChI=1S/C13H22N2/c1-3-5-7-11(4-2)13(14)12-8-6-9-15-10-12/h6,8-11,13H,3-5,7,14H2,1-2H3. The van der Waals surface area contributed by atoms with Crippen LogP contribution in [0.3, 0.4) is 0 Å². The first-order chi connectivity index (χ1) is 7.29. The van der Waals surface area contributed by atoms with Crippen LogP contribution in [-0.2, 0) is 0 Å². The van der Waals surface area contributed by atoms with Gasteiger partial charge in [0.1, 0.15) is 0 Å². The van der Waals surface area contributed by atoms with E-state index in [1.165, 1.54) is 24.8 Å². The summed E-state index contributed by atoms with van der Waals surface area (Å²) >= 11 is 0. The minimum absolute atomic E-state index is 0.148. The summed E-state index contributed by atoms with van der Waals surface area (Å²) in [6.07, 6.45) is 8.57. The molecule has 0 bridgehead atoms. The van der Waals surface area contributed by atoms with Crippen molar-refractivity contribution in [3.05, 3.63) is 30.1 Å². The highest BCUT2D eigenvalue weighted by Crippen LogP contribution is 2.26. The third-order valence-corrected chi connectivity index (χ3v) is 3.03. The highest BCUT2D eigenvalue weighted by molar-refractivity contribution is 5.14. The molecule has 0 aliphatic rings. The Bertz CT molecular complexity index is 258. The number of nitrogens with two attached hydrogens (primary N) is 1. The molecule has 84 valence electrons. The van der Waals surface area contributed by atoms with E-state index >= 15 is 0 Å². The van der Waals surface area contributed by atoms with Gasteiger partial charge in [0.15, 0.2) is 0 Å². The quantitative estimate of drug-likeness (QED) is 0.775. The van der Waals surface area contributed by atoms with Crippen LogP contribution in [0.1, 0.15) is 51.1 Å². The molecular weight excluding hydrogens is 184 g/mol. The summed E-state index contributed by atoms with van der Waals surface area (Å²) in [4.78, 5) is 4.12. The maximum absolute atomic E-state index is 6.25. The highest BCUT2D eigenvalue weighted by Gasteiger charge is 2.16. The van der Waals surface area contributed by atoms with Gasteiger partial charge in [-0.15, -0.1) is 0 Å². The van der Waals surface area contributed by atoms with Crippen LogP contribution in [0.5, 0.6) is 0 Å². The molecule has 2 nitrogen and oxygen atoms in total. The predicted molar refractivity (Wildman–Crippen MR) is 64.5 cm³/mol. The van der Waals surface area contributed by atoms with E-state index in [9.17, 15) is 0 Å². The smallest absolute Gasteiger partial charge is 0.0338 e. The van der Waals surface area contributed by atoms with Crippen LogP contribution in [0.4, 0.5) is 0 Å². The van der Waals surface area contributed by atoms with Crippen molar-refractivity contribution in [2.75, 3.05) is 0 Å². The van der Waals surface area contributed by atoms with Crippen molar-refractivity contribution in [1.29, 1.82) is 0 Å². The minimum Gasteiger partial charge on any atom is -0.324 e. The lowest BCUT2D eigenvalue weighted by Crippen LogP contribution is -2.21. The molecule has 0 radical (unpaired) electrons. The first kappa shape index (κ1) is 12.2. The fourth-order valence-electron chi connectivity index (χ4n) is 1.95. The molecule has 15 heavy (non-hydrogen) atoms. The average molecular weight is 206 g/mol. The zero-order chi connectivity index (χ0) is 11.1. The number of pyridine rings is 1. The van der Waals surface area contributed by atoms with Crippen LogP contribution in [-0.4, -0.2) is 4.98 Å². The van der Waals surface area contributed by atoms with Crippen LogP contribution in [0, 0.1) is 5.92 Å². The van der Waals surface area contributed by atoms with Crippen molar-refractivity contribution >= 4 is 0 Å². The van der Waals surface area contributed by atoms with E-state index in [-0.39, 0.29) is 6.04 Å². The van der Waals surface area contributed by atoms with Gasteiger partial charge >= 0.3 is 0 Å². The number of hydrogen-bond acceptors (Lipinski definition) is 2. The Balaban J connectivity index is 2.60. The summed E-state index contributed by atoms with van der Waals surface area (Å²) in [6, 6.07) is 4.18. The van der Waals surface area contributed by atoms with Gasteiger partial charge in [0.2, 0.25) is 0 Å². The second-order valence-corrected chi connectivity index (χ2v) is 4.12.